The number of nitrogens with zero attached hydrogens (tertiary/aromatic N) is 1. The van der Waals surface area contributed by atoms with E-state index < -0.39 is 0 Å². The van der Waals surface area contributed by atoms with E-state index in [-0.39, 0.29) is 17.4 Å². The van der Waals surface area contributed by atoms with Crippen LogP contribution in [-0.2, 0) is 5.41 Å². The molecule has 6 aromatic carbocycles. The van der Waals surface area contributed by atoms with Gasteiger partial charge in [0.1, 0.15) is 23.0 Å². The van der Waals surface area contributed by atoms with E-state index in [0.717, 1.165) is 33.7 Å². The molecule has 0 N–H and O–H groups in total. The Hall–Kier alpha value is -5.54. The summed E-state index contributed by atoms with van der Waals surface area (Å²) in [6.45, 7) is 4.69. The van der Waals surface area contributed by atoms with Gasteiger partial charge in [0.15, 0.2) is 0 Å². The van der Waals surface area contributed by atoms with Crippen LogP contribution in [-0.4, -0.2) is 6.10 Å². The summed E-state index contributed by atoms with van der Waals surface area (Å²) in [5.41, 5.74) is 11.6. The molecule has 2 heterocycles. The van der Waals surface area contributed by atoms with Crippen molar-refractivity contribution >= 4 is 44.1 Å². The lowest BCUT2D eigenvalue weighted by Gasteiger charge is -2.34. The summed E-state index contributed by atoms with van der Waals surface area (Å²) in [5.74, 6) is 1.05. The summed E-state index contributed by atoms with van der Waals surface area (Å²) in [5, 5.41) is 4.83. The molecule has 0 radical (unpaired) electrons. The number of para-hydroxylation sites is 2. The fraction of sp³-hybridized carbons (Fsp3) is 0.116. The molecule has 3 aliphatic rings. The number of hydrogen-bond donors (Lipinski definition) is 0. The van der Waals surface area contributed by atoms with E-state index in [2.05, 4.69) is 158 Å². The Labute approximate surface area is 267 Å². The first kappa shape index (κ1) is 25.8. The minimum absolute atomic E-state index is 0.0444. The zero-order valence-electron chi connectivity index (χ0n) is 25.7. The maximum Gasteiger partial charge on any atom is 0.144 e. The predicted molar refractivity (Wildman–Crippen MR) is 188 cm³/mol. The van der Waals surface area contributed by atoms with E-state index in [0.29, 0.717) is 0 Å². The summed E-state index contributed by atoms with van der Waals surface area (Å²) in [6, 6.07) is 43.5. The topological polar surface area (TPSA) is 25.6 Å². The van der Waals surface area contributed by atoms with Gasteiger partial charge in [-0.05, 0) is 76.0 Å². The summed E-state index contributed by atoms with van der Waals surface area (Å²) in [4.78, 5) is 2.40. The molecule has 0 fully saturated rings. The third-order valence-corrected chi connectivity index (χ3v) is 10.4. The highest BCUT2D eigenvalue weighted by Gasteiger charge is 2.41. The lowest BCUT2D eigenvalue weighted by molar-refractivity contribution is 0.264. The van der Waals surface area contributed by atoms with E-state index >= 15 is 0 Å². The predicted octanol–water partition coefficient (Wildman–Crippen LogP) is 11.2. The number of benzene rings is 6. The van der Waals surface area contributed by atoms with Crippen LogP contribution in [0.2, 0.25) is 0 Å². The van der Waals surface area contributed by atoms with Gasteiger partial charge in [-0.1, -0.05) is 105 Å². The van der Waals surface area contributed by atoms with Crippen molar-refractivity contribution in [3.8, 4) is 16.9 Å². The summed E-state index contributed by atoms with van der Waals surface area (Å²) >= 11 is 0. The molecule has 3 heteroatoms. The van der Waals surface area contributed by atoms with Crippen molar-refractivity contribution < 1.29 is 9.15 Å². The molecule has 46 heavy (non-hydrogen) atoms. The lowest BCUT2D eigenvalue weighted by Crippen LogP contribution is -2.29. The average Bonchev–Trinajstić information content (AvgIpc) is 3.74. The molecule has 10 rings (SSSR count). The van der Waals surface area contributed by atoms with E-state index in [1.807, 2.05) is 0 Å². The Bertz CT molecular complexity index is 2450. The van der Waals surface area contributed by atoms with Crippen LogP contribution in [0.25, 0.3) is 43.8 Å². The second-order valence-electron chi connectivity index (χ2n) is 13.2. The van der Waals surface area contributed by atoms with E-state index in [1.54, 1.807) is 0 Å². The number of rotatable bonds is 3. The molecule has 220 valence electrons. The fourth-order valence-electron chi connectivity index (χ4n) is 8.44. The van der Waals surface area contributed by atoms with Gasteiger partial charge in [0.25, 0.3) is 0 Å². The maximum absolute atomic E-state index is 6.89. The largest absolute Gasteiger partial charge is 0.485 e. The van der Waals surface area contributed by atoms with Gasteiger partial charge in [0, 0.05) is 44.4 Å². The standard InChI is InChI=1S/C43H31NO2/c1-43(2)33-19-10-8-17-30(33)40-41(43)29-16-7-6-15-28(29)38-32-25-27(23-24-36(32)46-42(38)40)44(26-13-4-3-5-14-26)34-20-12-22-37-39(34)31-18-9-11-21-35(31)45-37/h3-25,37,39H,1-2H3. The van der Waals surface area contributed by atoms with Crippen LogP contribution in [0.3, 0.4) is 0 Å². The number of fused-ring (bicyclic) bond motifs is 13. The normalized spacial score (nSPS) is 18.6. The molecular formula is C43H31NO2. The van der Waals surface area contributed by atoms with Gasteiger partial charge >= 0.3 is 0 Å². The zero-order chi connectivity index (χ0) is 30.6. The molecule has 2 aliphatic carbocycles. The lowest BCUT2D eigenvalue weighted by atomic mass is 9.79. The first-order chi connectivity index (χ1) is 22.6. The number of allylic oxidation sites excluding steroid dienone is 2. The average molecular weight is 594 g/mol. The summed E-state index contributed by atoms with van der Waals surface area (Å²) in [6.07, 6.45) is 6.52. The van der Waals surface area contributed by atoms with Crippen LogP contribution in [0.15, 0.2) is 150 Å². The van der Waals surface area contributed by atoms with Gasteiger partial charge in [-0.3, -0.25) is 0 Å². The van der Waals surface area contributed by atoms with Crippen molar-refractivity contribution in [3.63, 3.8) is 0 Å². The molecular weight excluding hydrogens is 562 g/mol. The van der Waals surface area contributed by atoms with Crippen LogP contribution in [0.1, 0.15) is 36.5 Å². The van der Waals surface area contributed by atoms with E-state index in [9.17, 15) is 0 Å². The molecule has 0 bridgehead atoms. The van der Waals surface area contributed by atoms with Gasteiger partial charge in [0.2, 0.25) is 0 Å². The van der Waals surface area contributed by atoms with Crippen LogP contribution in [0.4, 0.5) is 11.4 Å². The highest BCUT2D eigenvalue weighted by molar-refractivity contribution is 6.25. The van der Waals surface area contributed by atoms with Crippen molar-refractivity contribution in [2.45, 2.75) is 31.3 Å². The minimum Gasteiger partial charge on any atom is -0.485 e. The van der Waals surface area contributed by atoms with Crippen LogP contribution in [0.5, 0.6) is 5.75 Å². The van der Waals surface area contributed by atoms with E-state index in [1.165, 1.54) is 49.7 Å². The molecule has 2 unspecified atom stereocenters. The Balaban J connectivity index is 1.25. The first-order valence-corrected chi connectivity index (χ1v) is 16.1. The molecule has 0 saturated heterocycles. The number of ether oxygens (including phenoxy) is 1. The number of hydrogen-bond acceptors (Lipinski definition) is 3. The SMILES string of the molecule is CC1(C)c2ccccc2-c2c1c1ccccc1c1c2oc2ccc(N(C3=CC=CC4Oc5ccccc5C34)c3ccccc3)cc21. The molecule has 2 atom stereocenters. The number of anilines is 2. The molecule has 0 saturated carbocycles. The van der Waals surface area contributed by atoms with Gasteiger partial charge < -0.3 is 14.1 Å². The van der Waals surface area contributed by atoms with Crippen molar-refractivity contribution in [3.05, 3.63) is 162 Å². The van der Waals surface area contributed by atoms with Crippen LogP contribution in [0, 0.1) is 0 Å². The van der Waals surface area contributed by atoms with Crippen molar-refractivity contribution in [1.82, 2.24) is 0 Å². The van der Waals surface area contributed by atoms with Crippen LogP contribution >= 0.6 is 0 Å². The number of furan rings is 1. The highest BCUT2D eigenvalue weighted by Crippen LogP contribution is 2.56. The molecule has 0 spiro atoms. The van der Waals surface area contributed by atoms with Gasteiger partial charge in [-0.25, -0.2) is 0 Å². The Kier molecular flexibility index (Phi) is 5.18. The second-order valence-corrected chi connectivity index (χ2v) is 13.2. The zero-order valence-corrected chi connectivity index (χ0v) is 25.7. The molecule has 7 aromatic rings. The quantitative estimate of drug-likeness (QED) is 0.204. The molecule has 0 amide bonds. The molecule has 1 aromatic heterocycles. The third kappa shape index (κ3) is 3.37. The minimum atomic E-state index is -0.134. The Morgan fingerprint density at radius 1 is 0.696 bits per heavy atom. The first-order valence-electron chi connectivity index (χ1n) is 16.1. The molecule has 1 aliphatic heterocycles. The monoisotopic (exact) mass is 593 g/mol. The van der Waals surface area contributed by atoms with E-state index in [4.69, 9.17) is 9.15 Å². The fourth-order valence-corrected chi connectivity index (χ4v) is 8.44. The second kappa shape index (κ2) is 9.24. The summed E-state index contributed by atoms with van der Waals surface area (Å²) in [7, 11) is 0. The third-order valence-electron chi connectivity index (χ3n) is 10.4. The Morgan fingerprint density at radius 2 is 1.46 bits per heavy atom. The highest BCUT2D eigenvalue weighted by atomic mass is 16.5. The maximum atomic E-state index is 6.89. The van der Waals surface area contributed by atoms with Crippen molar-refractivity contribution in [2.75, 3.05) is 4.90 Å². The van der Waals surface area contributed by atoms with Gasteiger partial charge in [-0.15, -0.1) is 0 Å². The van der Waals surface area contributed by atoms with Gasteiger partial charge in [0.05, 0.1) is 5.92 Å². The Morgan fingerprint density at radius 3 is 2.35 bits per heavy atom. The van der Waals surface area contributed by atoms with Crippen molar-refractivity contribution in [2.24, 2.45) is 0 Å². The summed E-state index contributed by atoms with van der Waals surface area (Å²) < 4.78 is 13.3. The smallest absolute Gasteiger partial charge is 0.144 e. The van der Waals surface area contributed by atoms with Crippen LogP contribution < -0.4 is 9.64 Å². The molecule has 3 nitrogen and oxygen atoms in total. The van der Waals surface area contributed by atoms with Gasteiger partial charge in [-0.2, -0.15) is 0 Å². The van der Waals surface area contributed by atoms with Crippen molar-refractivity contribution in [1.29, 1.82) is 0 Å².